The third-order valence-electron chi connectivity index (χ3n) is 3.21. The van der Waals surface area contributed by atoms with Gasteiger partial charge in [-0.25, -0.2) is 4.79 Å². The van der Waals surface area contributed by atoms with Crippen LogP contribution in [0.1, 0.15) is 12.5 Å². The van der Waals surface area contributed by atoms with E-state index < -0.39 is 18.1 Å². The molecule has 1 aliphatic rings. The number of ether oxygens (including phenoxy) is 1. The molecule has 0 saturated heterocycles. The van der Waals surface area contributed by atoms with Crippen molar-refractivity contribution in [3.8, 4) is 5.75 Å². The Morgan fingerprint density at radius 3 is 2.72 bits per heavy atom. The van der Waals surface area contributed by atoms with Crippen LogP contribution in [0.15, 0.2) is 24.3 Å². The summed E-state index contributed by atoms with van der Waals surface area (Å²) in [5.74, 6) is -0.630. The second kappa shape index (κ2) is 4.68. The highest BCUT2D eigenvalue weighted by molar-refractivity contribution is 5.87. The number of aliphatic carboxylic acids is 1. The monoisotopic (exact) mass is 249 g/mol. The van der Waals surface area contributed by atoms with Crippen LogP contribution >= 0.6 is 0 Å². The minimum Gasteiger partial charge on any atom is -0.480 e. The van der Waals surface area contributed by atoms with Gasteiger partial charge in [0.1, 0.15) is 11.8 Å². The van der Waals surface area contributed by atoms with E-state index in [1.54, 1.807) is 0 Å². The van der Waals surface area contributed by atoms with Crippen LogP contribution in [0.25, 0.3) is 0 Å². The second-order valence-corrected chi connectivity index (χ2v) is 4.38. The van der Waals surface area contributed by atoms with Crippen LogP contribution in [-0.2, 0) is 16.0 Å². The van der Waals surface area contributed by atoms with Crippen LogP contribution in [0.2, 0.25) is 0 Å². The SMILES string of the molecule is CC(C(=O)O)N(C)C(=O)C1Cc2ccccc2O1. The number of nitrogens with zero attached hydrogens (tertiary/aromatic N) is 1. The van der Waals surface area contributed by atoms with Crippen molar-refractivity contribution >= 4 is 11.9 Å². The summed E-state index contributed by atoms with van der Waals surface area (Å²) in [7, 11) is 1.48. The first-order valence-corrected chi connectivity index (χ1v) is 5.74. The van der Waals surface area contributed by atoms with Crippen LogP contribution in [0.4, 0.5) is 0 Å². The van der Waals surface area contributed by atoms with Gasteiger partial charge in [0.2, 0.25) is 0 Å². The van der Waals surface area contributed by atoms with Crippen LogP contribution in [0.3, 0.4) is 0 Å². The van der Waals surface area contributed by atoms with Gasteiger partial charge in [0.25, 0.3) is 5.91 Å². The number of hydrogen-bond donors (Lipinski definition) is 1. The number of carboxylic acid groups (broad SMARTS) is 1. The molecule has 18 heavy (non-hydrogen) atoms. The molecule has 0 aromatic heterocycles. The van der Waals surface area contributed by atoms with Gasteiger partial charge in [-0.2, -0.15) is 0 Å². The molecule has 0 bridgehead atoms. The molecule has 1 aliphatic heterocycles. The van der Waals surface area contributed by atoms with Crippen molar-refractivity contribution in [1.82, 2.24) is 4.90 Å². The highest BCUT2D eigenvalue weighted by Crippen LogP contribution is 2.28. The zero-order valence-electron chi connectivity index (χ0n) is 10.3. The topological polar surface area (TPSA) is 66.8 Å². The van der Waals surface area contributed by atoms with Crippen LogP contribution in [0.5, 0.6) is 5.75 Å². The second-order valence-electron chi connectivity index (χ2n) is 4.38. The Bertz CT molecular complexity index is 461. The lowest BCUT2D eigenvalue weighted by Gasteiger charge is -2.24. The Kier molecular flexibility index (Phi) is 3.23. The summed E-state index contributed by atoms with van der Waals surface area (Å²) in [6, 6.07) is 6.59. The van der Waals surface area contributed by atoms with Gasteiger partial charge >= 0.3 is 5.97 Å². The van der Waals surface area contributed by atoms with Gasteiger partial charge in [0.05, 0.1) is 0 Å². The van der Waals surface area contributed by atoms with E-state index in [-0.39, 0.29) is 5.91 Å². The predicted molar refractivity (Wildman–Crippen MR) is 64.4 cm³/mol. The van der Waals surface area contributed by atoms with E-state index in [9.17, 15) is 9.59 Å². The Balaban J connectivity index is 2.07. The molecule has 1 aromatic rings. The van der Waals surface area contributed by atoms with Gasteiger partial charge in [0.15, 0.2) is 6.10 Å². The van der Waals surface area contributed by atoms with Gasteiger partial charge in [-0.15, -0.1) is 0 Å². The minimum atomic E-state index is -1.03. The largest absolute Gasteiger partial charge is 0.480 e. The lowest BCUT2D eigenvalue weighted by molar-refractivity contribution is -0.150. The van der Waals surface area contributed by atoms with Crippen molar-refractivity contribution in [3.05, 3.63) is 29.8 Å². The van der Waals surface area contributed by atoms with Gasteiger partial charge in [0, 0.05) is 13.5 Å². The molecule has 1 aromatic carbocycles. The smallest absolute Gasteiger partial charge is 0.326 e. The molecule has 0 fully saturated rings. The summed E-state index contributed by atoms with van der Waals surface area (Å²) in [6.45, 7) is 1.47. The van der Waals surface area contributed by atoms with Crippen LogP contribution in [-0.4, -0.2) is 41.1 Å². The quantitative estimate of drug-likeness (QED) is 0.865. The van der Waals surface area contributed by atoms with Crippen LogP contribution in [0, 0.1) is 0 Å². The molecule has 2 atom stereocenters. The molecule has 1 amide bonds. The zero-order valence-corrected chi connectivity index (χ0v) is 10.3. The van der Waals surface area contributed by atoms with Crippen molar-refractivity contribution in [3.63, 3.8) is 0 Å². The summed E-state index contributed by atoms with van der Waals surface area (Å²) in [5.41, 5.74) is 0.979. The van der Waals surface area contributed by atoms with E-state index in [4.69, 9.17) is 9.84 Å². The fourth-order valence-electron chi connectivity index (χ4n) is 1.90. The predicted octanol–water partition coefficient (Wildman–Crippen LogP) is 0.922. The first-order valence-electron chi connectivity index (χ1n) is 5.74. The number of rotatable bonds is 3. The summed E-state index contributed by atoms with van der Waals surface area (Å²) in [6.07, 6.45) is -0.125. The van der Waals surface area contributed by atoms with Crippen molar-refractivity contribution < 1.29 is 19.4 Å². The van der Waals surface area contributed by atoms with Crippen molar-refractivity contribution in [2.45, 2.75) is 25.5 Å². The van der Waals surface area contributed by atoms with E-state index in [0.29, 0.717) is 12.2 Å². The Morgan fingerprint density at radius 2 is 2.11 bits per heavy atom. The fraction of sp³-hybridized carbons (Fsp3) is 0.385. The highest BCUT2D eigenvalue weighted by Gasteiger charge is 2.33. The maximum atomic E-state index is 12.1. The van der Waals surface area contributed by atoms with Gasteiger partial charge in [-0.05, 0) is 18.6 Å². The number of likely N-dealkylation sites (N-methyl/N-ethyl adjacent to an activating group) is 1. The Labute approximate surface area is 105 Å². The number of carbonyl (C=O) groups excluding carboxylic acids is 1. The Hall–Kier alpha value is -2.04. The van der Waals surface area contributed by atoms with E-state index in [0.717, 1.165) is 5.56 Å². The summed E-state index contributed by atoms with van der Waals surface area (Å²) in [4.78, 5) is 24.1. The summed E-state index contributed by atoms with van der Waals surface area (Å²) in [5, 5.41) is 8.88. The van der Waals surface area contributed by atoms with Crippen molar-refractivity contribution in [1.29, 1.82) is 0 Å². The summed E-state index contributed by atoms with van der Waals surface area (Å²) < 4.78 is 5.54. The molecule has 0 saturated carbocycles. The fourth-order valence-corrected chi connectivity index (χ4v) is 1.90. The van der Waals surface area contributed by atoms with Gasteiger partial charge < -0.3 is 14.7 Å². The number of para-hydroxylation sites is 1. The number of fused-ring (bicyclic) bond motifs is 1. The molecule has 2 rings (SSSR count). The molecular formula is C13H15NO4. The molecule has 0 spiro atoms. The molecule has 0 radical (unpaired) electrons. The molecular weight excluding hydrogens is 234 g/mol. The standard InChI is InChI=1S/C13H15NO4/c1-8(13(16)17)14(2)12(15)11-7-9-5-3-4-6-10(9)18-11/h3-6,8,11H,7H2,1-2H3,(H,16,17). The molecule has 2 unspecified atom stereocenters. The minimum absolute atomic E-state index is 0.305. The third-order valence-corrected chi connectivity index (χ3v) is 3.21. The maximum absolute atomic E-state index is 12.1. The van der Waals surface area contributed by atoms with Gasteiger partial charge in [-0.3, -0.25) is 4.79 Å². The number of amides is 1. The molecule has 1 heterocycles. The molecule has 5 nitrogen and oxygen atoms in total. The van der Waals surface area contributed by atoms with E-state index in [1.165, 1.54) is 18.9 Å². The Morgan fingerprint density at radius 1 is 1.44 bits per heavy atom. The molecule has 5 heteroatoms. The summed E-state index contributed by atoms with van der Waals surface area (Å²) >= 11 is 0. The van der Waals surface area contributed by atoms with Gasteiger partial charge in [-0.1, -0.05) is 18.2 Å². The lowest BCUT2D eigenvalue weighted by atomic mass is 10.1. The number of carbonyl (C=O) groups is 2. The highest BCUT2D eigenvalue weighted by atomic mass is 16.5. The van der Waals surface area contributed by atoms with E-state index >= 15 is 0 Å². The third kappa shape index (κ3) is 2.16. The first-order chi connectivity index (χ1) is 8.50. The molecule has 0 aliphatic carbocycles. The number of benzene rings is 1. The zero-order chi connectivity index (χ0) is 13.3. The van der Waals surface area contributed by atoms with E-state index in [1.807, 2.05) is 24.3 Å². The maximum Gasteiger partial charge on any atom is 0.326 e. The molecule has 96 valence electrons. The first kappa shape index (κ1) is 12.4. The average Bonchev–Trinajstić information content (AvgIpc) is 2.79. The average molecular weight is 249 g/mol. The van der Waals surface area contributed by atoms with Crippen LogP contribution < -0.4 is 4.74 Å². The van der Waals surface area contributed by atoms with Crippen molar-refractivity contribution in [2.75, 3.05) is 7.05 Å². The number of carboxylic acids is 1. The lowest BCUT2D eigenvalue weighted by Crippen LogP contribution is -2.46. The van der Waals surface area contributed by atoms with E-state index in [2.05, 4.69) is 0 Å². The van der Waals surface area contributed by atoms with Crippen molar-refractivity contribution in [2.24, 2.45) is 0 Å². The normalized spacial score (nSPS) is 18.7. The number of hydrogen-bond acceptors (Lipinski definition) is 3. The molecule has 1 N–H and O–H groups in total.